The topological polar surface area (TPSA) is 121 Å². The van der Waals surface area contributed by atoms with Crippen LogP contribution in [0, 0.1) is 0 Å². The number of Topliss-reactive ketones (excluding diaryl/α,β-unsaturated/α-hetero) is 1. The van der Waals surface area contributed by atoms with E-state index in [9.17, 15) is 14.4 Å². The minimum Gasteiger partial charge on any atom is -0.481 e. The lowest BCUT2D eigenvalue weighted by Gasteiger charge is -2.16. The first-order chi connectivity index (χ1) is 9.41. The summed E-state index contributed by atoms with van der Waals surface area (Å²) in [5.41, 5.74) is -0.213. The number of hydrogen-bond donors (Lipinski definition) is 3. The van der Waals surface area contributed by atoms with E-state index in [2.05, 4.69) is 15.5 Å². The predicted octanol–water partition coefficient (Wildman–Crippen LogP) is 0.264. The molecule has 3 N–H and O–H groups in total. The van der Waals surface area contributed by atoms with Crippen LogP contribution in [-0.2, 0) is 9.53 Å². The van der Waals surface area contributed by atoms with Crippen molar-refractivity contribution in [3.05, 3.63) is 22.1 Å². The molecule has 0 fully saturated rings. The van der Waals surface area contributed by atoms with Gasteiger partial charge in [0.2, 0.25) is 0 Å². The maximum absolute atomic E-state index is 11.5. The smallest absolute Gasteiger partial charge is 0.305 e. The Kier molecular flexibility index (Phi) is 5.85. The first-order valence-electron chi connectivity index (χ1n) is 6.06. The monoisotopic (exact) mass is 283 g/mol. The lowest BCUT2D eigenvalue weighted by atomic mass is 10.1. The number of nitrogens with zero attached hydrogens (tertiary/aromatic N) is 1. The molecular weight excluding hydrogens is 266 g/mol. The first-order valence-corrected chi connectivity index (χ1v) is 6.06. The molecular formula is C12H17N3O5. The van der Waals surface area contributed by atoms with Gasteiger partial charge in [0.05, 0.1) is 31.5 Å². The molecule has 0 saturated heterocycles. The summed E-state index contributed by atoms with van der Waals surface area (Å²) >= 11 is 0. The van der Waals surface area contributed by atoms with Crippen molar-refractivity contribution >= 4 is 17.4 Å². The van der Waals surface area contributed by atoms with E-state index in [1.165, 1.54) is 13.1 Å². The summed E-state index contributed by atoms with van der Waals surface area (Å²) in [6.07, 6.45) is 1.28. The number of hydrogen-bond acceptors (Lipinski definition) is 6. The highest BCUT2D eigenvalue weighted by molar-refractivity contribution is 5.98. The van der Waals surface area contributed by atoms with Gasteiger partial charge in [-0.2, -0.15) is 5.10 Å². The molecule has 1 heterocycles. The Hall–Kier alpha value is -2.22. The Morgan fingerprint density at radius 3 is 2.85 bits per heavy atom. The van der Waals surface area contributed by atoms with Gasteiger partial charge in [-0.15, -0.1) is 0 Å². The number of carbonyl (C=O) groups is 2. The van der Waals surface area contributed by atoms with Gasteiger partial charge < -0.3 is 15.2 Å². The maximum Gasteiger partial charge on any atom is 0.305 e. The average molecular weight is 283 g/mol. The number of nitrogens with one attached hydrogen (secondary N) is 2. The number of H-pyrrole nitrogens is 1. The summed E-state index contributed by atoms with van der Waals surface area (Å²) in [7, 11) is 0. The van der Waals surface area contributed by atoms with Crippen LogP contribution in [0.2, 0.25) is 0 Å². The Bertz CT molecular complexity index is 540. The van der Waals surface area contributed by atoms with Crippen LogP contribution >= 0.6 is 0 Å². The standard InChI is InChI=1S/C12H17N3O5/c1-7(6-20-4-3-10(17)18)14-9-5-13-15-12(19)11(9)8(2)16/h5,7H,3-4,6H2,1-2H3,(H,17,18)(H2,14,15,19)/t7-/m0/s1. The second-order valence-electron chi connectivity index (χ2n) is 4.31. The van der Waals surface area contributed by atoms with E-state index in [4.69, 9.17) is 9.84 Å². The molecule has 0 aliphatic carbocycles. The number of ketones is 1. The number of anilines is 1. The second-order valence-corrected chi connectivity index (χ2v) is 4.31. The van der Waals surface area contributed by atoms with Gasteiger partial charge in [-0.05, 0) is 13.8 Å². The third-order valence-electron chi connectivity index (χ3n) is 2.44. The Labute approximate surface area is 115 Å². The van der Waals surface area contributed by atoms with Crippen molar-refractivity contribution in [3.8, 4) is 0 Å². The molecule has 1 aromatic heterocycles. The highest BCUT2D eigenvalue weighted by atomic mass is 16.5. The van der Waals surface area contributed by atoms with Crippen molar-refractivity contribution in [2.75, 3.05) is 18.5 Å². The van der Waals surface area contributed by atoms with Crippen LogP contribution in [0.3, 0.4) is 0 Å². The molecule has 0 aliphatic rings. The van der Waals surface area contributed by atoms with Crippen LogP contribution in [0.4, 0.5) is 5.69 Å². The van der Waals surface area contributed by atoms with Gasteiger partial charge in [0, 0.05) is 6.04 Å². The molecule has 0 unspecified atom stereocenters. The Morgan fingerprint density at radius 2 is 2.25 bits per heavy atom. The molecule has 110 valence electrons. The molecule has 1 rings (SSSR count). The van der Waals surface area contributed by atoms with Gasteiger partial charge in [0.25, 0.3) is 5.56 Å². The van der Waals surface area contributed by atoms with Crippen LogP contribution < -0.4 is 10.9 Å². The van der Waals surface area contributed by atoms with Gasteiger partial charge in [-0.1, -0.05) is 0 Å². The second kappa shape index (κ2) is 7.39. The van der Waals surface area contributed by atoms with Crippen molar-refractivity contribution in [1.29, 1.82) is 0 Å². The molecule has 0 amide bonds. The van der Waals surface area contributed by atoms with Gasteiger partial charge in [-0.25, -0.2) is 5.10 Å². The highest BCUT2D eigenvalue weighted by Crippen LogP contribution is 2.11. The number of carboxylic acid groups (broad SMARTS) is 1. The van der Waals surface area contributed by atoms with Crippen LogP contribution in [0.5, 0.6) is 0 Å². The van der Waals surface area contributed by atoms with Crippen molar-refractivity contribution in [1.82, 2.24) is 10.2 Å². The third kappa shape index (κ3) is 4.81. The molecule has 8 nitrogen and oxygen atoms in total. The molecule has 1 atom stereocenters. The van der Waals surface area contributed by atoms with Crippen LogP contribution in [0.15, 0.2) is 11.0 Å². The number of aromatic amines is 1. The number of aromatic nitrogens is 2. The number of carboxylic acids is 1. The largest absolute Gasteiger partial charge is 0.481 e. The summed E-state index contributed by atoms with van der Waals surface area (Å²) in [4.78, 5) is 33.3. The summed E-state index contributed by atoms with van der Waals surface area (Å²) in [5.74, 6) is -1.29. The molecule has 0 spiro atoms. The molecule has 0 saturated carbocycles. The molecule has 0 bridgehead atoms. The zero-order chi connectivity index (χ0) is 15.1. The van der Waals surface area contributed by atoms with E-state index in [1.54, 1.807) is 6.92 Å². The van der Waals surface area contributed by atoms with E-state index in [0.717, 1.165) is 0 Å². The molecule has 0 radical (unpaired) electrons. The summed E-state index contributed by atoms with van der Waals surface area (Å²) in [6, 6.07) is -0.203. The SMILES string of the molecule is CC(=O)c1c(N[C@@H](C)COCCC(=O)O)cn[nH]c1=O. The highest BCUT2D eigenvalue weighted by Gasteiger charge is 2.14. The first kappa shape index (κ1) is 15.8. The molecule has 8 heteroatoms. The van der Waals surface area contributed by atoms with Gasteiger partial charge in [0.15, 0.2) is 5.78 Å². The zero-order valence-corrected chi connectivity index (χ0v) is 11.3. The van der Waals surface area contributed by atoms with Gasteiger partial charge in [0.1, 0.15) is 5.56 Å². The lowest BCUT2D eigenvalue weighted by molar-refractivity contribution is -0.138. The fraction of sp³-hybridized carbons (Fsp3) is 0.500. The Morgan fingerprint density at radius 1 is 1.55 bits per heavy atom. The minimum absolute atomic E-state index is 0.0115. The van der Waals surface area contributed by atoms with Gasteiger partial charge in [-0.3, -0.25) is 14.4 Å². The van der Waals surface area contributed by atoms with E-state index in [0.29, 0.717) is 5.69 Å². The molecule has 1 aromatic rings. The molecule has 0 aliphatic heterocycles. The maximum atomic E-state index is 11.5. The van der Waals surface area contributed by atoms with Crippen molar-refractivity contribution in [2.45, 2.75) is 26.3 Å². The Balaban J connectivity index is 2.60. The summed E-state index contributed by atoms with van der Waals surface area (Å²) in [5, 5.41) is 17.2. The minimum atomic E-state index is -0.928. The third-order valence-corrected chi connectivity index (χ3v) is 2.44. The summed E-state index contributed by atoms with van der Waals surface area (Å²) in [6.45, 7) is 3.43. The van der Waals surface area contributed by atoms with Crippen molar-refractivity contribution in [2.24, 2.45) is 0 Å². The number of rotatable bonds is 8. The van der Waals surface area contributed by atoms with Gasteiger partial charge >= 0.3 is 5.97 Å². The van der Waals surface area contributed by atoms with E-state index >= 15 is 0 Å². The van der Waals surface area contributed by atoms with Crippen molar-refractivity contribution < 1.29 is 19.4 Å². The quantitative estimate of drug-likeness (QED) is 0.462. The fourth-order valence-corrected chi connectivity index (χ4v) is 1.58. The average Bonchev–Trinajstić information content (AvgIpc) is 2.34. The predicted molar refractivity (Wildman–Crippen MR) is 71.0 cm³/mol. The lowest BCUT2D eigenvalue weighted by Crippen LogP contribution is -2.27. The summed E-state index contributed by atoms with van der Waals surface area (Å²) < 4.78 is 5.17. The molecule has 0 aromatic carbocycles. The van der Waals surface area contributed by atoms with Crippen LogP contribution in [-0.4, -0.2) is 46.3 Å². The number of carbonyl (C=O) groups excluding carboxylic acids is 1. The van der Waals surface area contributed by atoms with Crippen molar-refractivity contribution in [3.63, 3.8) is 0 Å². The molecule has 20 heavy (non-hydrogen) atoms. The van der Waals surface area contributed by atoms with Crippen LogP contribution in [0.25, 0.3) is 0 Å². The fourth-order valence-electron chi connectivity index (χ4n) is 1.58. The number of ether oxygens (including phenoxy) is 1. The zero-order valence-electron chi connectivity index (χ0n) is 11.3. The van der Waals surface area contributed by atoms with E-state index in [-0.39, 0.29) is 37.0 Å². The van der Waals surface area contributed by atoms with E-state index < -0.39 is 11.5 Å². The van der Waals surface area contributed by atoms with Crippen LogP contribution in [0.1, 0.15) is 30.6 Å². The van der Waals surface area contributed by atoms with E-state index in [1.807, 2.05) is 0 Å². The normalized spacial score (nSPS) is 11.9. The number of aliphatic carboxylic acids is 1.